The smallest absolute Gasteiger partial charge is 0.201 e. The zero-order chi connectivity index (χ0) is 19.4. The monoisotopic (exact) mass is 380 g/mol. The van der Waals surface area contributed by atoms with Crippen LogP contribution in [0, 0.1) is 17.5 Å². The normalized spacial score (nSPS) is 19.9. The lowest BCUT2D eigenvalue weighted by molar-refractivity contribution is -0.0726. The Morgan fingerprint density at radius 1 is 1.04 bits per heavy atom. The fourth-order valence-electron chi connectivity index (χ4n) is 3.19. The van der Waals surface area contributed by atoms with E-state index in [4.69, 9.17) is 14.2 Å². The fourth-order valence-corrected chi connectivity index (χ4v) is 3.19. The van der Waals surface area contributed by atoms with Gasteiger partial charge in [-0.2, -0.15) is 4.39 Å². The quantitative estimate of drug-likeness (QED) is 0.669. The number of hydrogen-bond donors (Lipinski definition) is 0. The lowest BCUT2D eigenvalue weighted by atomic mass is 9.96. The summed E-state index contributed by atoms with van der Waals surface area (Å²) in [4.78, 5) is 0. The Bertz CT molecular complexity index is 786. The predicted octanol–water partition coefficient (Wildman–Crippen LogP) is 5.43. The van der Waals surface area contributed by atoms with Crippen LogP contribution in [-0.4, -0.2) is 26.4 Å². The minimum atomic E-state index is -1.12. The number of ether oxygens (including phenoxy) is 3. The lowest BCUT2D eigenvalue weighted by Crippen LogP contribution is -2.26. The first-order chi connectivity index (χ1) is 13.0. The van der Waals surface area contributed by atoms with Crippen molar-refractivity contribution >= 4 is 0 Å². The van der Waals surface area contributed by atoms with Crippen molar-refractivity contribution in [3.63, 3.8) is 0 Å². The Balaban J connectivity index is 1.83. The molecule has 2 aromatic rings. The molecule has 27 heavy (non-hydrogen) atoms. The Morgan fingerprint density at radius 3 is 2.44 bits per heavy atom. The molecule has 0 aromatic heterocycles. The summed E-state index contributed by atoms with van der Waals surface area (Å²) in [7, 11) is 1.63. The van der Waals surface area contributed by atoms with Gasteiger partial charge in [0.2, 0.25) is 5.82 Å². The number of benzene rings is 2. The first kappa shape index (κ1) is 19.7. The predicted molar refractivity (Wildman–Crippen MR) is 96.3 cm³/mol. The molecule has 1 aliphatic rings. The van der Waals surface area contributed by atoms with Crippen molar-refractivity contribution in [2.24, 2.45) is 0 Å². The van der Waals surface area contributed by atoms with Crippen molar-refractivity contribution in [3.8, 4) is 16.9 Å². The van der Waals surface area contributed by atoms with E-state index in [1.807, 2.05) is 6.92 Å². The van der Waals surface area contributed by atoms with Gasteiger partial charge < -0.3 is 14.2 Å². The van der Waals surface area contributed by atoms with Crippen molar-refractivity contribution in [1.82, 2.24) is 0 Å². The summed E-state index contributed by atoms with van der Waals surface area (Å²) in [6, 6.07) is 7.13. The van der Waals surface area contributed by atoms with Crippen molar-refractivity contribution in [2.75, 3.05) is 20.3 Å². The summed E-state index contributed by atoms with van der Waals surface area (Å²) in [6.07, 6.45) is 2.03. The second-order valence-corrected chi connectivity index (χ2v) is 6.58. The molecule has 0 radical (unpaired) electrons. The van der Waals surface area contributed by atoms with Crippen LogP contribution in [0.5, 0.6) is 5.75 Å². The van der Waals surface area contributed by atoms with Crippen LogP contribution in [0.2, 0.25) is 0 Å². The van der Waals surface area contributed by atoms with Gasteiger partial charge >= 0.3 is 0 Å². The van der Waals surface area contributed by atoms with Crippen LogP contribution in [-0.2, 0) is 9.47 Å². The van der Waals surface area contributed by atoms with Crippen LogP contribution in [0.15, 0.2) is 30.3 Å². The van der Waals surface area contributed by atoms with E-state index in [9.17, 15) is 13.2 Å². The molecule has 1 saturated heterocycles. The van der Waals surface area contributed by atoms with Gasteiger partial charge in [0, 0.05) is 18.2 Å². The van der Waals surface area contributed by atoms with Gasteiger partial charge in [-0.05, 0) is 43.0 Å². The van der Waals surface area contributed by atoms with Gasteiger partial charge in [0.25, 0.3) is 0 Å². The van der Waals surface area contributed by atoms with Gasteiger partial charge in [0.15, 0.2) is 11.6 Å². The lowest BCUT2D eigenvalue weighted by Gasteiger charge is -2.28. The first-order valence-corrected chi connectivity index (χ1v) is 9.10. The van der Waals surface area contributed by atoms with Gasteiger partial charge in [-0.15, -0.1) is 0 Å². The van der Waals surface area contributed by atoms with Crippen LogP contribution < -0.4 is 4.74 Å². The summed E-state index contributed by atoms with van der Waals surface area (Å²) < 4.78 is 59.4. The molecule has 3 rings (SSSR count). The molecule has 1 heterocycles. The molecule has 1 aliphatic heterocycles. The summed E-state index contributed by atoms with van der Waals surface area (Å²) in [6.45, 7) is 2.60. The highest BCUT2D eigenvalue weighted by molar-refractivity contribution is 5.66. The molecule has 0 aliphatic carbocycles. The van der Waals surface area contributed by atoms with Crippen molar-refractivity contribution in [2.45, 2.75) is 38.4 Å². The zero-order valence-corrected chi connectivity index (χ0v) is 15.4. The molecule has 0 bridgehead atoms. The van der Waals surface area contributed by atoms with Crippen LogP contribution in [0.25, 0.3) is 11.1 Å². The van der Waals surface area contributed by atoms with E-state index in [-0.39, 0.29) is 35.7 Å². The van der Waals surface area contributed by atoms with Crippen LogP contribution in [0.3, 0.4) is 0 Å². The van der Waals surface area contributed by atoms with Gasteiger partial charge in [-0.3, -0.25) is 0 Å². The molecule has 146 valence electrons. The average molecular weight is 380 g/mol. The van der Waals surface area contributed by atoms with E-state index in [0.29, 0.717) is 25.0 Å². The molecule has 1 fully saturated rings. The van der Waals surface area contributed by atoms with Crippen LogP contribution in [0.1, 0.15) is 37.9 Å². The van der Waals surface area contributed by atoms with E-state index in [1.54, 1.807) is 13.2 Å². The average Bonchev–Trinajstić information content (AvgIpc) is 2.69. The standard InChI is InChI=1S/C21H23F3O3/c1-3-10-26-19-9-7-16(20(23)21(19)24)15-6-4-13(11-17(15)22)18-8-5-14(25-2)12-27-18/h4,6-7,9,11,14,18H,3,5,8,10,12H2,1-2H3. The highest BCUT2D eigenvalue weighted by atomic mass is 19.2. The maximum absolute atomic E-state index is 14.6. The van der Waals surface area contributed by atoms with Crippen molar-refractivity contribution in [3.05, 3.63) is 53.3 Å². The summed E-state index contributed by atoms with van der Waals surface area (Å²) in [5, 5.41) is 0. The number of halogens is 3. The van der Waals surface area contributed by atoms with E-state index in [2.05, 4.69) is 0 Å². The summed E-state index contributed by atoms with van der Waals surface area (Å²) in [5.41, 5.74) is 0.543. The zero-order valence-electron chi connectivity index (χ0n) is 15.4. The topological polar surface area (TPSA) is 27.7 Å². The van der Waals surface area contributed by atoms with E-state index < -0.39 is 17.5 Å². The maximum atomic E-state index is 14.6. The second-order valence-electron chi connectivity index (χ2n) is 6.58. The molecule has 0 spiro atoms. The number of hydrogen-bond acceptors (Lipinski definition) is 3. The second kappa shape index (κ2) is 8.76. The fraction of sp³-hybridized carbons (Fsp3) is 0.429. The summed E-state index contributed by atoms with van der Waals surface area (Å²) in [5.74, 6) is -3.01. The van der Waals surface area contributed by atoms with Gasteiger partial charge in [-0.25, -0.2) is 8.78 Å². The Morgan fingerprint density at radius 2 is 1.81 bits per heavy atom. The summed E-state index contributed by atoms with van der Waals surface area (Å²) >= 11 is 0. The molecule has 6 heteroatoms. The van der Waals surface area contributed by atoms with E-state index in [0.717, 1.165) is 6.42 Å². The molecular weight excluding hydrogens is 357 g/mol. The third-order valence-electron chi connectivity index (χ3n) is 4.73. The van der Waals surface area contributed by atoms with Crippen molar-refractivity contribution in [1.29, 1.82) is 0 Å². The Kier molecular flexibility index (Phi) is 6.39. The minimum Gasteiger partial charge on any atom is -0.490 e. The highest BCUT2D eigenvalue weighted by Crippen LogP contribution is 2.35. The Labute approximate surface area is 157 Å². The third kappa shape index (κ3) is 4.28. The van der Waals surface area contributed by atoms with Crippen molar-refractivity contribution < 1.29 is 27.4 Å². The third-order valence-corrected chi connectivity index (χ3v) is 4.73. The number of rotatable bonds is 6. The molecule has 2 unspecified atom stereocenters. The molecule has 0 amide bonds. The minimum absolute atomic E-state index is 0.00256. The SMILES string of the molecule is CCCOc1ccc(-c2ccc(C3CCC(OC)CO3)cc2F)c(F)c1F. The van der Waals surface area contributed by atoms with Crippen LogP contribution in [0.4, 0.5) is 13.2 Å². The Hall–Kier alpha value is -2.05. The largest absolute Gasteiger partial charge is 0.490 e. The van der Waals surface area contributed by atoms with Gasteiger partial charge in [0.05, 0.1) is 25.4 Å². The highest BCUT2D eigenvalue weighted by Gasteiger charge is 2.24. The van der Waals surface area contributed by atoms with Crippen LogP contribution >= 0.6 is 0 Å². The maximum Gasteiger partial charge on any atom is 0.201 e. The molecule has 3 nitrogen and oxygen atoms in total. The van der Waals surface area contributed by atoms with E-state index in [1.165, 1.54) is 24.3 Å². The van der Waals surface area contributed by atoms with Gasteiger partial charge in [0.1, 0.15) is 5.82 Å². The molecule has 2 aromatic carbocycles. The number of methoxy groups -OCH3 is 1. The van der Waals surface area contributed by atoms with E-state index >= 15 is 0 Å². The molecule has 0 saturated carbocycles. The molecular formula is C21H23F3O3. The van der Waals surface area contributed by atoms with Gasteiger partial charge in [-0.1, -0.05) is 19.1 Å². The molecule has 0 N–H and O–H groups in total. The molecule has 2 atom stereocenters. The first-order valence-electron chi connectivity index (χ1n) is 9.10.